The van der Waals surface area contributed by atoms with E-state index >= 15 is 0 Å². The number of benzene rings is 1. The van der Waals surface area contributed by atoms with E-state index in [9.17, 15) is 9.90 Å². The molecule has 0 aliphatic carbocycles. The highest BCUT2D eigenvalue weighted by Gasteiger charge is 2.16. The molecule has 0 fully saturated rings. The smallest absolute Gasteiger partial charge is 0.208 e. The number of ketones is 1. The molecule has 1 N–H and O–H groups in total. The van der Waals surface area contributed by atoms with Gasteiger partial charge in [-0.1, -0.05) is 11.3 Å². The Bertz CT molecular complexity index is 685. The number of hydrogen-bond donors (Lipinski definition) is 1. The van der Waals surface area contributed by atoms with Gasteiger partial charge in [-0.15, -0.1) is 0 Å². The van der Waals surface area contributed by atoms with Gasteiger partial charge in [-0.05, 0) is 12.1 Å². The van der Waals surface area contributed by atoms with Crippen molar-refractivity contribution in [1.29, 1.82) is 0 Å². The molecule has 0 bridgehead atoms. The van der Waals surface area contributed by atoms with Crippen molar-refractivity contribution in [3.8, 4) is 11.5 Å². The first kappa shape index (κ1) is 13.4. The van der Waals surface area contributed by atoms with Gasteiger partial charge in [-0.2, -0.15) is 0 Å². The summed E-state index contributed by atoms with van der Waals surface area (Å²) in [5.41, 5.74) is 0.255. The van der Waals surface area contributed by atoms with Gasteiger partial charge in [-0.3, -0.25) is 9.79 Å². The lowest BCUT2D eigenvalue weighted by molar-refractivity contribution is 0.103. The number of aromatic hydroxyl groups is 1. The van der Waals surface area contributed by atoms with E-state index in [1.54, 1.807) is 29.9 Å². The van der Waals surface area contributed by atoms with E-state index in [1.807, 2.05) is 7.05 Å². The molecule has 0 saturated carbocycles. The number of methoxy groups -OCH3 is 1. The average Bonchev–Trinajstić information content (AvgIpc) is 2.79. The number of nitrogens with zero attached hydrogens (tertiary/aromatic N) is 2. The molecule has 0 atom stereocenters. The van der Waals surface area contributed by atoms with Gasteiger partial charge in [0.1, 0.15) is 11.5 Å². The van der Waals surface area contributed by atoms with Gasteiger partial charge in [0, 0.05) is 26.4 Å². The summed E-state index contributed by atoms with van der Waals surface area (Å²) in [6.45, 7) is 0. The maximum Gasteiger partial charge on any atom is 0.208 e. The predicted octanol–water partition coefficient (Wildman–Crippen LogP) is 1.56. The van der Waals surface area contributed by atoms with Crippen molar-refractivity contribution in [3.05, 3.63) is 39.6 Å². The van der Waals surface area contributed by atoms with Crippen molar-refractivity contribution in [1.82, 2.24) is 4.57 Å². The van der Waals surface area contributed by atoms with Crippen LogP contribution >= 0.6 is 11.3 Å². The third-order valence-electron chi connectivity index (χ3n) is 2.68. The lowest BCUT2D eigenvalue weighted by Crippen LogP contribution is -2.07. The molecule has 1 heterocycles. The Morgan fingerprint density at radius 2 is 2.21 bits per heavy atom. The molecule has 0 spiro atoms. The molecule has 0 amide bonds. The normalized spacial score (nSPS) is 11.6. The second-order valence-corrected chi connectivity index (χ2v) is 4.93. The van der Waals surface area contributed by atoms with Crippen LogP contribution in [-0.4, -0.2) is 29.6 Å². The first-order valence-electron chi connectivity index (χ1n) is 5.57. The minimum absolute atomic E-state index is 0.0876. The molecule has 6 heteroatoms. The molecule has 1 aromatic carbocycles. The van der Waals surface area contributed by atoms with Crippen molar-refractivity contribution < 1.29 is 14.6 Å². The summed E-state index contributed by atoms with van der Waals surface area (Å²) >= 11 is 1.29. The maximum atomic E-state index is 12.3. The molecule has 0 unspecified atom stereocenters. The zero-order valence-corrected chi connectivity index (χ0v) is 11.7. The Labute approximate surface area is 114 Å². The molecule has 100 valence electrons. The van der Waals surface area contributed by atoms with E-state index in [0.29, 0.717) is 10.6 Å². The van der Waals surface area contributed by atoms with Crippen LogP contribution in [0.3, 0.4) is 0 Å². The van der Waals surface area contributed by atoms with E-state index in [0.717, 1.165) is 4.80 Å². The summed E-state index contributed by atoms with van der Waals surface area (Å²) in [4.78, 5) is 17.6. The zero-order chi connectivity index (χ0) is 14.0. The molecule has 0 aliphatic rings. The number of phenols is 1. The molecule has 0 aliphatic heterocycles. The van der Waals surface area contributed by atoms with Crippen molar-refractivity contribution in [2.45, 2.75) is 0 Å². The van der Waals surface area contributed by atoms with Gasteiger partial charge in [0.25, 0.3) is 0 Å². The Morgan fingerprint density at radius 1 is 1.47 bits per heavy atom. The third kappa shape index (κ3) is 2.53. The molecule has 5 nitrogen and oxygen atoms in total. The predicted molar refractivity (Wildman–Crippen MR) is 72.9 cm³/mol. The zero-order valence-electron chi connectivity index (χ0n) is 10.9. The number of ether oxygens (including phenoxy) is 1. The van der Waals surface area contributed by atoms with Crippen LogP contribution in [0.5, 0.6) is 11.5 Å². The van der Waals surface area contributed by atoms with Crippen molar-refractivity contribution in [2.24, 2.45) is 12.0 Å². The Hall–Kier alpha value is -2.08. The molecular formula is C13H14N2O3S. The topological polar surface area (TPSA) is 63.8 Å². The number of aromatic nitrogens is 1. The number of hydrogen-bond acceptors (Lipinski definition) is 5. The largest absolute Gasteiger partial charge is 0.507 e. The van der Waals surface area contributed by atoms with E-state index in [4.69, 9.17) is 4.74 Å². The highest BCUT2D eigenvalue weighted by molar-refractivity contribution is 7.11. The quantitative estimate of drug-likeness (QED) is 0.867. The fraction of sp³-hybridized carbons (Fsp3) is 0.231. The van der Waals surface area contributed by atoms with Crippen LogP contribution in [0.1, 0.15) is 15.2 Å². The lowest BCUT2D eigenvalue weighted by atomic mass is 10.1. The standard InChI is InChI=1S/C13H14N2O3S/c1-14-13-15(2)7-11(19-13)12(17)9-5-4-8(18-3)6-10(9)16/h4-7,16H,1-3H3. The fourth-order valence-electron chi connectivity index (χ4n) is 1.70. The first-order valence-corrected chi connectivity index (χ1v) is 6.39. The molecule has 0 saturated heterocycles. The minimum Gasteiger partial charge on any atom is -0.507 e. The summed E-state index contributed by atoms with van der Waals surface area (Å²) in [7, 11) is 5.00. The number of rotatable bonds is 3. The third-order valence-corrected chi connectivity index (χ3v) is 3.84. The number of phenolic OH excluding ortho intramolecular Hbond substituents is 1. The number of aryl methyl sites for hydroxylation is 1. The van der Waals surface area contributed by atoms with E-state index in [-0.39, 0.29) is 17.1 Å². The number of carbonyl (C=O) groups excluding carboxylic acids is 1. The molecule has 1 aromatic heterocycles. The van der Waals surface area contributed by atoms with Crippen LogP contribution < -0.4 is 9.54 Å². The van der Waals surface area contributed by atoms with Gasteiger partial charge in [0.2, 0.25) is 5.78 Å². The van der Waals surface area contributed by atoms with Gasteiger partial charge in [0.05, 0.1) is 17.6 Å². The van der Waals surface area contributed by atoms with Crippen molar-refractivity contribution in [2.75, 3.05) is 14.2 Å². The van der Waals surface area contributed by atoms with Crippen LogP contribution in [0, 0.1) is 0 Å². The molecular weight excluding hydrogens is 264 g/mol. The lowest BCUT2D eigenvalue weighted by Gasteiger charge is -2.04. The van der Waals surface area contributed by atoms with Crippen LogP contribution in [0.15, 0.2) is 29.4 Å². The highest BCUT2D eigenvalue weighted by atomic mass is 32.1. The second kappa shape index (κ2) is 5.27. The van der Waals surface area contributed by atoms with E-state index in [2.05, 4.69) is 4.99 Å². The fourth-order valence-corrected chi connectivity index (χ4v) is 2.60. The molecule has 2 aromatic rings. The van der Waals surface area contributed by atoms with Gasteiger partial charge in [0.15, 0.2) is 4.80 Å². The second-order valence-electron chi connectivity index (χ2n) is 3.92. The maximum absolute atomic E-state index is 12.3. The minimum atomic E-state index is -0.226. The first-order chi connectivity index (χ1) is 9.06. The summed E-state index contributed by atoms with van der Waals surface area (Å²) in [6, 6.07) is 4.62. The molecule has 0 radical (unpaired) electrons. The van der Waals surface area contributed by atoms with Crippen LogP contribution in [0.25, 0.3) is 0 Å². The summed E-state index contributed by atoms with van der Waals surface area (Å²) in [6.07, 6.45) is 1.71. The van der Waals surface area contributed by atoms with Gasteiger partial charge < -0.3 is 14.4 Å². The Kier molecular flexibility index (Phi) is 3.71. The van der Waals surface area contributed by atoms with E-state index < -0.39 is 0 Å². The SMILES string of the molecule is CN=c1sc(C(=O)c2ccc(OC)cc2O)cn1C. The average molecular weight is 278 g/mol. The highest BCUT2D eigenvalue weighted by Crippen LogP contribution is 2.26. The van der Waals surface area contributed by atoms with Gasteiger partial charge in [-0.25, -0.2) is 0 Å². The van der Waals surface area contributed by atoms with Crippen LogP contribution in [0.2, 0.25) is 0 Å². The van der Waals surface area contributed by atoms with Crippen molar-refractivity contribution in [3.63, 3.8) is 0 Å². The number of thiazole rings is 1. The summed E-state index contributed by atoms with van der Waals surface area (Å²) < 4.78 is 6.76. The summed E-state index contributed by atoms with van der Waals surface area (Å²) in [5, 5.41) is 9.86. The van der Waals surface area contributed by atoms with Crippen LogP contribution in [0.4, 0.5) is 0 Å². The monoisotopic (exact) mass is 278 g/mol. The number of carbonyl (C=O) groups is 1. The summed E-state index contributed by atoms with van der Waals surface area (Å²) in [5.74, 6) is 0.195. The van der Waals surface area contributed by atoms with Gasteiger partial charge >= 0.3 is 0 Å². The molecule has 19 heavy (non-hydrogen) atoms. The van der Waals surface area contributed by atoms with E-state index in [1.165, 1.54) is 24.5 Å². The Balaban J connectivity index is 2.44. The molecule has 2 rings (SSSR count). The Morgan fingerprint density at radius 3 is 2.74 bits per heavy atom. The van der Waals surface area contributed by atoms with Crippen molar-refractivity contribution >= 4 is 17.1 Å². The van der Waals surface area contributed by atoms with Crippen LogP contribution in [-0.2, 0) is 7.05 Å².